The summed E-state index contributed by atoms with van der Waals surface area (Å²) in [5.41, 5.74) is 8.08. The molecule has 0 aliphatic carbocycles. The fourth-order valence-corrected chi connectivity index (χ4v) is 1.30. The van der Waals surface area contributed by atoms with Crippen molar-refractivity contribution in [3.05, 3.63) is 34.9 Å². The smallest absolute Gasteiger partial charge is 0.138 e. The van der Waals surface area contributed by atoms with Crippen LogP contribution in [0.5, 0.6) is 0 Å². The molecule has 0 radical (unpaired) electrons. The average molecular weight is 167 g/mol. The van der Waals surface area contributed by atoms with Gasteiger partial charge in [-0.05, 0) is 25.0 Å². The molecule has 0 spiro atoms. The van der Waals surface area contributed by atoms with Gasteiger partial charge in [-0.25, -0.2) is 4.39 Å². The van der Waals surface area contributed by atoms with Crippen molar-refractivity contribution in [2.45, 2.75) is 20.0 Å². The third-order valence-electron chi connectivity index (χ3n) is 1.97. The summed E-state index contributed by atoms with van der Waals surface area (Å²) in [6.07, 6.45) is -1.02. The van der Waals surface area contributed by atoms with Crippen LogP contribution < -0.4 is 5.73 Å². The van der Waals surface area contributed by atoms with E-state index in [-0.39, 0.29) is 6.54 Å². The number of halogens is 1. The summed E-state index contributed by atoms with van der Waals surface area (Å²) in [6.45, 7) is 3.96. The van der Waals surface area contributed by atoms with Gasteiger partial charge in [0.25, 0.3) is 0 Å². The van der Waals surface area contributed by atoms with Crippen molar-refractivity contribution in [3.8, 4) is 0 Å². The summed E-state index contributed by atoms with van der Waals surface area (Å²) in [4.78, 5) is 0. The quantitative estimate of drug-likeness (QED) is 0.718. The van der Waals surface area contributed by atoms with E-state index in [9.17, 15) is 4.39 Å². The van der Waals surface area contributed by atoms with Gasteiger partial charge < -0.3 is 5.73 Å². The zero-order chi connectivity index (χ0) is 9.14. The summed E-state index contributed by atoms with van der Waals surface area (Å²) in [5, 5.41) is 0. The summed E-state index contributed by atoms with van der Waals surface area (Å²) in [6, 6.07) is 5.68. The molecule has 0 unspecified atom stereocenters. The average Bonchev–Trinajstić information content (AvgIpc) is 2.03. The van der Waals surface area contributed by atoms with E-state index in [0.29, 0.717) is 5.56 Å². The lowest BCUT2D eigenvalue weighted by atomic mass is 10.0. The first-order chi connectivity index (χ1) is 5.65. The fraction of sp³-hybridized carbons (Fsp3) is 0.400. The molecule has 0 bridgehead atoms. The molecule has 0 aliphatic rings. The Bertz CT molecular complexity index is 271. The van der Waals surface area contributed by atoms with Gasteiger partial charge in [0.15, 0.2) is 0 Å². The minimum absolute atomic E-state index is 0.0594. The highest BCUT2D eigenvalue weighted by atomic mass is 19.1. The van der Waals surface area contributed by atoms with Crippen LogP contribution in [0.2, 0.25) is 0 Å². The monoisotopic (exact) mass is 167 g/mol. The van der Waals surface area contributed by atoms with E-state index in [2.05, 4.69) is 0 Å². The van der Waals surface area contributed by atoms with Gasteiger partial charge in [-0.15, -0.1) is 0 Å². The molecule has 0 fully saturated rings. The van der Waals surface area contributed by atoms with E-state index >= 15 is 0 Å². The first-order valence-electron chi connectivity index (χ1n) is 4.06. The zero-order valence-electron chi connectivity index (χ0n) is 7.47. The second kappa shape index (κ2) is 3.68. The van der Waals surface area contributed by atoms with Crippen molar-refractivity contribution in [1.29, 1.82) is 0 Å². The molecule has 0 amide bonds. The summed E-state index contributed by atoms with van der Waals surface area (Å²) in [7, 11) is 0. The molecule has 0 saturated heterocycles. The lowest BCUT2D eigenvalue weighted by Crippen LogP contribution is -2.08. The second-order valence-corrected chi connectivity index (χ2v) is 3.06. The minimum atomic E-state index is -1.02. The Hall–Kier alpha value is -0.890. The first-order valence-corrected chi connectivity index (χ1v) is 4.06. The molecule has 1 aromatic carbocycles. The van der Waals surface area contributed by atoms with E-state index in [4.69, 9.17) is 5.73 Å². The molecule has 0 aliphatic heterocycles. The Morgan fingerprint density at radius 2 is 2.08 bits per heavy atom. The summed E-state index contributed by atoms with van der Waals surface area (Å²) in [5.74, 6) is 0. The number of alkyl halides is 1. The van der Waals surface area contributed by atoms with Crippen LogP contribution in [0.15, 0.2) is 18.2 Å². The number of benzene rings is 1. The molecular formula is C10H14FN. The van der Waals surface area contributed by atoms with E-state index < -0.39 is 6.17 Å². The number of hydrogen-bond acceptors (Lipinski definition) is 1. The van der Waals surface area contributed by atoms with Crippen LogP contribution in [0.1, 0.15) is 22.9 Å². The summed E-state index contributed by atoms with van der Waals surface area (Å²) >= 11 is 0. The number of rotatable bonds is 2. The normalized spacial score (nSPS) is 13.0. The second-order valence-electron chi connectivity index (χ2n) is 3.06. The molecule has 2 heteroatoms. The van der Waals surface area contributed by atoms with Crippen LogP contribution in [0.4, 0.5) is 4.39 Å². The lowest BCUT2D eigenvalue weighted by molar-refractivity contribution is 0.351. The number of hydrogen-bond donors (Lipinski definition) is 1. The molecule has 66 valence electrons. The molecular weight excluding hydrogens is 153 g/mol. The molecule has 1 nitrogen and oxygen atoms in total. The van der Waals surface area contributed by atoms with Crippen molar-refractivity contribution < 1.29 is 4.39 Å². The zero-order valence-corrected chi connectivity index (χ0v) is 7.47. The molecule has 2 N–H and O–H groups in total. The lowest BCUT2D eigenvalue weighted by Gasteiger charge is -2.09. The summed E-state index contributed by atoms with van der Waals surface area (Å²) < 4.78 is 13.1. The van der Waals surface area contributed by atoms with Gasteiger partial charge in [-0.2, -0.15) is 0 Å². The SMILES string of the molecule is Cc1ccc([C@H](F)CN)c(C)c1. The van der Waals surface area contributed by atoms with Gasteiger partial charge >= 0.3 is 0 Å². The van der Waals surface area contributed by atoms with E-state index in [1.165, 1.54) is 0 Å². The Balaban J connectivity index is 3.01. The van der Waals surface area contributed by atoms with Gasteiger partial charge in [-0.1, -0.05) is 23.8 Å². The predicted molar refractivity (Wildman–Crippen MR) is 48.8 cm³/mol. The van der Waals surface area contributed by atoms with E-state index in [1.54, 1.807) is 0 Å². The van der Waals surface area contributed by atoms with Crippen LogP contribution in [-0.2, 0) is 0 Å². The highest BCUT2D eigenvalue weighted by Crippen LogP contribution is 2.20. The maximum atomic E-state index is 13.1. The molecule has 1 rings (SSSR count). The van der Waals surface area contributed by atoms with Crippen molar-refractivity contribution in [2.75, 3.05) is 6.54 Å². The Labute approximate surface area is 72.4 Å². The van der Waals surface area contributed by atoms with Crippen molar-refractivity contribution >= 4 is 0 Å². The highest BCUT2D eigenvalue weighted by Gasteiger charge is 2.09. The maximum Gasteiger partial charge on any atom is 0.138 e. The highest BCUT2D eigenvalue weighted by molar-refractivity contribution is 5.32. The van der Waals surface area contributed by atoms with Gasteiger partial charge in [0.1, 0.15) is 6.17 Å². The van der Waals surface area contributed by atoms with Gasteiger partial charge in [0.05, 0.1) is 0 Å². The largest absolute Gasteiger partial charge is 0.327 e. The topological polar surface area (TPSA) is 26.0 Å². The first kappa shape index (κ1) is 9.20. The third-order valence-corrected chi connectivity index (χ3v) is 1.97. The van der Waals surface area contributed by atoms with Crippen LogP contribution in [0, 0.1) is 13.8 Å². The van der Waals surface area contributed by atoms with Crippen LogP contribution in [-0.4, -0.2) is 6.54 Å². The fourth-order valence-electron chi connectivity index (χ4n) is 1.30. The van der Waals surface area contributed by atoms with Crippen LogP contribution in [0.3, 0.4) is 0 Å². The number of nitrogens with two attached hydrogens (primary N) is 1. The molecule has 0 saturated carbocycles. The van der Waals surface area contributed by atoms with E-state index in [1.807, 2.05) is 32.0 Å². The molecule has 1 aromatic rings. The Morgan fingerprint density at radius 1 is 1.42 bits per heavy atom. The molecule has 12 heavy (non-hydrogen) atoms. The Morgan fingerprint density at radius 3 is 2.58 bits per heavy atom. The molecule has 0 heterocycles. The molecule has 1 atom stereocenters. The maximum absolute atomic E-state index is 13.1. The number of aryl methyl sites for hydroxylation is 2. The van der Waals surface area contributed by atoms with Crippen molar-refractivity contribution in [3.63, 3.8) is 0 Å². The van der Waals surface area contributed by atoms with Gasteiger partial charge in [0.2, 0.25) is 0 Å². The van der Waals surface area contributed by atoms with E-state index in [0.717, 1.165) is 11.1 Å². The van der Waals surface area contributed by atoms with Crippen LogP contribution in [0.25, 0.3) is 0 Å². The van der Waals surface area contributed by atoms with Gasteiger partial charge in [0, 0.05) is 6.54 Å². The molecule has 0 aromatic heterocycles. The third kappa shape index (κ3) is 1.83. The minimum Gasteiger partial charge on any atom is -0.327 e. The Kier molecular flexibility index (Phi) is 2.82. The standard InChI is InChI=1S/C10H14FN/c1-7-3-4-9(8(2)5-7)10(11)6-12/h3-5,10H,6,12H2,1-2H3/t10-/m1/s1. The predicted octanol–water partition coefficient (Wildman–Crippen LogP) is 2.27. The van der Waals surface area contributed by atoms with Gasteiger partial charge in [-0.3, -0.25) is 0 Å². The van der Waals surface area contributed by atoms with Crippen molar-refractivity contribution in [1.82, 2.24) is 0 Å². The van der Waals surface area contributed by atoms with Crippen molar-refractivity contribution in [2.24, 2.45) is 5.73 Å². The van der Waals surface area contributed by atoms with Crippen LogP contribution >= 0.6 is 0 Å².